The van der Waals surface area contributed by atoms with Crippen LogP contribution >= 0.6 is 0 Å². The largest absolute Gasteiger partial charge is 0.497 e. The van der Waals surface area contributed by atoms with Crippen LogP contribution in [0.1, 0.15) is 5.56 Å². The summed E-state index contributed by atoms with van der Waals surface area (Å²) in [5, 5.41) is 14.7. The lowest BCUT2D eigenvalue weighted by molar-refractivity contribution is 0.224. The van der Waals surface area contributed by atoms with Gasteiger partial charge in [0.25, 0.3) is 0 Å². The van der Waals surface area contributed by atoms with Gasteiger partial charge in [-0.3, -0.25) is 0 Å². The highest BCUT2D eigenvalue weighted by molar-refractivity contribution is 5.89. The Kier molecular flexibility index (Phi) is 5.94. The molecule has 0 saturated heterocycles. The number of methoxy groups -OCH3 is 1. The highest BCUT2D eigenvalue weighted by atomic mass is 19.1. The van der Waals surface area contributed by atoms with Gasteiger partial charge < -0.3 is 20.5 Å². The van der Waals surface area contributed by atoms with Crippen molar-refractivity contribution in [2.75, 3.05) is 19.0 Å². The summed E-state index contributed by atoms with van der Waals surface area (Å²) in [6.07, 6.45) is 0.483. The van der Waals surface area contributed by atoms with Crippen molar-refractivity contribution < 1.29 is 19.0 Å². The lowest BCUT2D eigenvalue weighted by Gasteiger charge is -2.17. The van der Waals surface area contributed by atoms with Gasteiger partial charge in [-0.05, 0) is 48.4 Å². The fourth-order valence-corrected chi connectivity index (χ4v) is 2.09. The molecule has 1 unspecified atom stereocenters. The van der Waals surface area contributed by atoms with Crippen molar-refractivity contribution in [1.29, 1.82) is 0 Å². The summed E-state index contributed by atoms with van der Waals surface area (Å²) in [6, 6.07) is 12.0. The minimum atomic E-state index is -0.454. The number of nitrogens with one attached hydrogen (secondary N) is 2. The Morgan fingerprint density at radius 3 is 2.39 bits per heavy atom. The SMILES string of the molecule is COc1ccc(CC(CO)NC(=O)Nc2ccc(F)cc2)cc1. The fraction of sp³-hybridized carbons (Fsp3) is 0.235. The molecule has 6 heteroatoms. The first-order valence-corrected chi connectivity index (χ1v) is 7.17. The van der Waals surface area contributed by atoms with E-state index < -0.39 is 12.1 Å². The van der Waals surface area contributed by atoms with Gasteiger partial charge in [0.2, 0.25) is 0 Å². The molecule has 3 N–H and O–H groups in total. The fourth-order valence-electron chi connectivity index (χ4n) is 2.09. The lowest BCUT2D eigenvalue weighted by Crippen LogP contribution is -2.41. The predicted molar refractivity (Wildman–Crippen MR) is 86.1 cm³/mol. The molecule has 122 valence electrons. The number of carbonyl (C=O) groups excluding carboxylic acids is 1. The molecule has 0 aromatic heterocycles. The predicted octanol–water partition coefficient (Wildman–Crippen LogP) is 2.56. The number of aliphatic hydroxyl groups is 1. The molecule has 0 aliphatic rings. The molecule has 0 saturated carbocycles. The van der Waals surface area contributed by atoms with E-state index in [0.29, 0.717) is 12.1 Å². The number of anilines is 1. The van der Waals surface area contributed by atoms with Crippen molar-refractivity contribution in [2.45, 2.75) is 12.5 Å². The van der Waals surface area contributed by atoms with Crippen LogP contribution in [-0.4, -0.2) is 30.9 Å². The van der Waals surface area contributed by atoms with Gasteiger partial charge in [-0.2, -0.15) is 0 Å². The maximum absolute atomic E-state index is 12.8. The van der Waals surface area contributed by atoms with Gasteiger partial charge in [-0.1, -0.05) is 12.1 Å². The van der Waals surface area contributed by atoms with E-state index in [1.165, 1.54) is 24.3 Å². The van der Waals surface area contributed by atoms with Crippen LogP contribution in [0.4, 0.5) is 14.9 Å². The molecular formula is C17H19FN2O3. The van der Waals surface area contributed by atoms with E-state index in [9.17, 15) is 14.3 Å². The number of carbonyl (C=O) groups is 1. The smallest absolute Gasteiger partial charge is 0.319 e. The minimum Gasteiger partial charge on any atom is -0.497 e. The average Bonchev–Trinajstić information content (AvgIpc) is 2.57. The highest BCUT2D eigenvalue weighted by Crippen LogP contribution is 2.13. The van der Waals surface area contributed by atoms with Crippen LogP contribution in [0.25, 0.3) is 0 Å². The summed E-state index contributed by atoms with van der Waals surface area (Å²) in [4.78, 5) is 11.9. The molecule has 2 aromatic rings. The molecule has 2 amide bonds. The van der Waals surface area contributed by atoms with Crippen LogP contribution in [0.15, 0.2) is 48.5 Å². The Morgan fingerprint density at radius 1 is 1.17 bits per heavy atom. The summed E-state index contributed by atoms with van der Waals surface area (Å²) < 4.78 is 17.9. The van der Waals surface area contributed by atoms with Crippen LogP contribution in [0.3, 0.4) is 0 Å². The van der Waals surface area contributed by atoms with Gasteiger partial charge in [-0.25, -0.2) is 9.18 Å². The zero-order chi connectivity index (χ0) is 16.7. The highest BCUT2D eigenvalue weighted by Gasteiger charge is 2.12. The van der Waals surface area contributed by atoms with Crippen molar-refractivity contribution in [2.24, 2.45) is 0 Å². The Morgan fingerprint density at radius 2 is 1.83 bits per heavy atom. The van der Waals surface area contributed by atoms with Gasteiger partial charge in [0, 0.05) is 5.69 Å². The standard InChI is InChI=1S/C17H19FN2O3/c1-23-16-8-2-12(3-9-16)10-15(11-21)20-17(22)19-14-6-4-13(18)5-7-14/h2-9,15,21H,10-11H2,1H3,(H2,19,20,22). The topological polar surface area (TPSA) is 70.6 Å². The number of halogens is 1. The molecule has 0 spiro atoms. The molecule has 0 radical (unpaired) electrons. The Balaban J connectivity index is 1.89. The number of benzene rings is 2. The number of urea groups is 1. The molecule has 0 aliphatic heterocycles. The molecule has 0 aliphatic carbocycles. The summed E-state index contributed by atoms with van der Waals surface area (Å²) in [5.74, 6) is 0.375. The third-order valence-electron chi connectivity index (χ3n) is 3.30. The van der Waals surface area contributed by atoms with Crippen LogP contribution < -0.4 is 15.4 Å². The van der Waals surface area contributed by atoms with Crippen LogP contribution in [-0.2, 0) is 6.42 Å². The summed E-state index contributed by atoms with van der Waals surface area (Å²) >= 11 is 0. The maximum atomic E-state index is 12.8. The summed E-state index contributed by atoms with van der Waals surface area (Å²) in [7, 11) is 1.59. The lowest BCUT2D eigenvalue weighted by atomic mass is 10.1. The second-order valence-electron chi connectivity index (χ2n) is 5.04. The Hall–Kier alpha value is -2.60. The first kappa shape index (κ1) is 16.8. The minimum absolute atomic E-state index is 0.192. The maximum Gasteiger partial charge on any atom is 0.319 e. The van der Waals surface area contributed by atoms with Crippen molar-refractivity contribution in [3.8, 4) is 5.75 Å². The monoisotopic (exact) mass is 318 g/mol. The second-order valence-corrected chi connectivity index (χ2v) is 5.04. The first-order chi connectivity index (χ1) is 11.1. The molecule has 5 nitrogen and oxygen atoms in total. The van der Waals surface area contributed by atoms with Crippen molar-refractivity contribution in [3.63, 3.8) is 0 Å². The molecular weight excluding hydrogens is 299 g/mol. The van der Waals surface area contributed by atoms with E-state index in [4.69, 9.17) is 4.74 Å². The normalized spacial score (nSPS) is 11.6. The van der Waals surface area contributed by atoms with Gasteiger partial charge in [0.05, 0.1) is 19.8 Å². The zero-order valence-electron chi connectivity index (χ0n) is 12.8. The molecule has 0 heterocycles. The second kappa shape index (κ2) is 8.14. The number of amides is 2. The van der Waals surface area contributed by atoms with E-state index in [0.717, 1.165) is 11.3 Å². The third kappa shape index (κ3) is 5.27. The molecule has 1 atom stereocenters. The quantitative estimate of drug-likeness (QED) is 0.766. The number of aliphatic hydroxyl groups excluding tert-OH is 1. The van der Waals surface area contributed by atoms with E-state index in [1.807, 2.05) is 24.3 Å². The van der Waals surface area contributed by atoms with Gasteiger partial charge in [0.1, 0.15) is 11.6 Å². The Bertz CT molecular complexity index is 629. The van der Waals surface area contributed by atoms with E-state index in [2.05, 4.69) is 10.6 Å². The molecule has 0 bridgehead atoms. The Labute approximate surface area is 134 Å². The van der Waals surface area contributed by atoms with E-state index in [1.54, 1.807) is 7.11 Å². The number of ether oxygens (including phenoxy) is 1. The average molecular weight is 318 g/mol. The zero-order valence-corrected chi connectivity index (χ0v) is 12.8. The number of hydrogen-bond acceptors (Lipinski definition) is 3. The molecule has 2 rings (SSSR count). The van der Waals surface area contributed by atoms with Crippen LogP contribution in [0.2, 0.25) is 0 Å². The summed E-state index contributed by atoms with van der Waals surface area (Å²) in [5.41, 5.74) is 1.44. The van der Waals surface area contributed by atoms with Crippen LogP contribution in [0, 0.1) is 5.82 Å². The first-order valence-electron chi connectivity index (χ1n) is 7.17. The summed E-state index contributed by atoms with van der Waals surface area (Å²) in [6.45, 7) is -0.192. The number of hydrogen-bond donors (Lipinski definition) is 3. The van der Waals surface area contributed by atoms with Crippen molar-refractivity contribution in [3.05, 3.63) is 59.9 Å². The van der Waals surface area contributed by atoms with Crippen molar-refractivity contribution in [1.82, 2.24) is 5.32 Å². The molecule has 23 heavy (non-hydrogen) atoms. The van der Waals surface area contributed by atoms with Crippen LogP contribution in [0.5, 0.6) is 5.75 Å². The number of rotatable bonds is 6. The van der Waals surface area contributed by atoms with E-state index >= 15 is 0 Å². The van der Waals surface area contributed by atoms with Gasteiger partial charge >= 0.3 is 6.03 Å². The van der Waals surface area contributed by atoms with Crippen molar-refractivity contribution >= 4 is 11.7 Å². The van der Waals surface area contributed by atoms with E-state index in [-0.39, 0.29) is 12.4 Å². The third-order valence-corrected chi connectivity index (χ3v) is 3.30. The van der Waals surface area contributed by atoms with Gasteiger partial charge in [0.15, 0.2) is 0 Å². The molecule has 0 fully saturated rings. The molecule has 2 aromatic carbocycles. The van der Waals surface area contributed by atoms with Gasteiger partial charge in [-0.15, -0.1) is 0 Å².